The van der Waals surface area contributed by atoms with Gasteiger partial charge < -0.3 is 15.6 Å². The quantitative estimate of drug-likeness (QED) is 0.405. The SMILES string of the molecule is O.O.O=CO[B]c1ccccc1. The molecule has 12 heavy (non-hydrogen) atoms. The molecule has 1 aromatic rings. The molecule has 0 amide bonds. The second-order valence-corrected chi connectivity index (χ2v) is 1.76. The summed E-state index contributed by atoms with van der Waals surface area (Å²) in [5.74, 6) is 0. The van der Waals surface area contributed by atoms with Crippen LogP contribution in [0.4, 0.5) is 0 Å². The number of rotatable bonds is 3. The number of carbonyl (C=O) groups excluding carboxylic acids is 1. The van der Waals surface area contributed by atoms with Gasteiger partial charge in [0, 0.05) is 0 Å². The predicted molar refractivity (Wildman–Crippen MR) is 46.2 cm³/mol. The van der Waals surface area contributed by atoms with Crippen molar-refractivity contribution in [3.05, 3.63) is 30.3 Å². The Bertz CT molecular complexity index is 202. The number of hydrogen-bond donors (Lipinski definition) is 0. The van der Waals surface area contributed by atoms with Crippen molar-refractivity contribution in [1.82, 2.24) is 0 Å². The molecule has 0 spiro atoms. The normalized spacial score (nSPS) is 7.00. The topological polar surface area (TPSA) is 89.3 Å². The molecule has 0 fully saturated rings. The van der Waals surface area contributed by atoms with E-state index in [4.69, 9.17) is 0 Å². The highest BCUT2D eigenvalue weighted by Crippen LogP contribution is 1.80. The van der Waals surface area contributed by atoms with Crippen molar-refractivity contribution < 1.29 is 20.4 Å². The Hall–Kier alpha value is -1.33. The molecule has 4 N–H and O–H groups in total. The van der Waals surface area contributed by atoms with Crippen LogP contribution in [0.25, 0.3) is 0 Å². The first-order valence-electron chi connectivity index (χ1n) is 2.91. The molecule has 0 aliphatic rings. The molecule has 0 saturated heterocycles. The van der Waals surface area contributed by atoms with Crippen LogP contribution in [0.3, 0.4) is 0 Å². The van der Waals surface area contributed by atoms with E-state index < -0.39 is 0 Å². The van der Waals surface area contributed by atoms with Gasteiger partial charge in [-0.25, -0.2) is 0 Å². The summed E-state index contributed by atoms with van der Waals surface area (Å²) in [5, 5.41) is 0. The standard InChI is InChI=1S/C7H6BO2.2H2O/c9-6-10-8-7-4-2-1-3-5-7;;/h1-6H;2*1H2. The minimum atomic E-state index is 0. The zero-order chi connectivity index (χ0) is 7.23. The van der Waals surface area contributed by atoms with Crippen LogP contribution in [-0.2, 0) is 9.45 Å². The summed E-state index contributed by atoms with van der Waals surface area (Å²) in [6, 6.07) is 9.35. The highest BCUT2D eigenvalue weighted by atomic mass is 16.5. The molecule has 0 aliphatic heterocycles. The van der Waals surface area contributed by atoms with Crippen molar-refractivity contribution in [3.8, 4) is 0 Å². The molecule has 0 unspecified atom stereocenters. The molecular formula is C7H10BO4. The molecule has 5 heteroatoms. The molecule has 0 atom stereocenters. The van der Waals surface area contributed by atoms with Gasteiger partial charge in [0.1, 0.15) is 0 Å². The monoisotopic (exact) mass is 169 g/mol. The van der Waals surface area contributed by atoms with Gasteiger partial charge in [-0.15, -0.1) is 0 Å². The molecule has 0 bridgehead atoms. The highest BCUT2D eigenvalue weighted by Gasteiger charge is 1.93. The third-order valence-corrected chi connectivity index (χ3v) is 1.06. The Morgan fingerprint density at radius 2 is 1.75 bits per heavy atom. The zero-order valence-electron chi connectivity index (χ0n) is 6.36. The second-order valence-electron chi connectivity index (χ2n) is 1.76. The summed E-state index contributed by atoms with van der Waals surface area (Å²) in [6.45, 7) is 0.396. The maximum atomic E-state index is 9.72. The Labute approximate surface area is 71.1 Å². The van der Waals surface area contributed by atoms with Gasteiger partial charge in [0.2, 0.25) is 0 Å². The first kappa shape index (κ1) is 13.3. The van der Waals surface area contributed by atoms with E-state index in [1.807, 2.05) is 30.3 Å². The lowest BCUT2D eigenvalue weighted by Gasteiger charge is -1.93. The van der Waals surface area contributed by atoms with Crippen molar-refractivity contribution in [3.63, 3.8) is 0 Å². The van der Waals surface area contributed by atoms with E-state index in [0.717, 1.165) is 5.46 Å². The van der Waals surface area contributed by atoms with Gasteiger partial charge >= 0.3 is 7.48 Å². The van der Waals surface area contributed by atoms with Crippen LogP contribution in [-0.4, -0.2) is 24.9 Å². The maximum Gasteiger partial charge on any atom is 0.412 e. The number of carbonyl (C=O) groups is 1. The highest BCUT2D eigenvalue weighted by molar-refractivity contribution is 6.48. The van der Waals surface area contributed by atoms with Crippen molar-refractivity contribution in [2.24, 2.45) is 0 Å². The molecule has 1 rings (SSSR count). The van der Waals surface area contributed by atoms with Crippen molar-refractivity contribution in [2.45, 2.75) is 0 Å². The Balaban J connectivity index is 0. The largest absolute Gasteiger partial charge is 0.535 e. The Morgan fingerprint density at radius 3 is 2.25 bits per heavy atom. The van der Waals surface area contributed by atoms with Gasteiger partial charge in [-0.1, -0.05) is 30.3 Å². The van der Waals surface area contributed by atoms with E-state index in [0.29, 0.717) is 6.47 Å². The average Bonchev–Trinajstić information content (AvgIpc) is 2.03. The molecule has 0 heterocycles. The molecule has 65 valence electrons. The lowest BCUT2D eigenvalue weighted by atomic mass is 9.89. The van der Waals surface area contributed by atoms with Crippen LogP contribution in [0, 0.1) is 0 Å². The zero-order valence-corrected chi connectivity index (χ0v) is 6.36. The van der Waals surface area contributed by atoms with E-state index in [1.54, 1.807) is 0 Å². The van der Waals surface area contributed by atoms with Gasteiger partial charge in [0.15, 0.2) is 0 Å². The van der Waals surface area contributed by atoms with Crippen LogP contribution >= 0.6 is 0 Å². The van der Waals surface area contributed by atoms with Crippen LogP contribution in [0.5, 0.6) is 0 Å². The summed E-state index contributed by atoms with van der Waals surface area (Å²) in [7, 11) is 1.40. The van der Waals surface area contributed by atoms with Gasteiger partial charge in [0.05, 0.1) is 0 Å². The van der Waals surface area contributed by atoms with Gasteiger partial charge in [-0.3, -0.25) is 4.79 Å². The fourth-order valence-corrected chi connectivity index (χ4v) is 0.638. The van der Waals surface area contributed by atoms with E-state index in [9.17, 15) is 4.79 Å². The summed E-state index contributed by atoms with van der Waals surface area (Å²) in [4.78, 5) is 9.72. The van der Waals surface area contributed by atoms with Crippen LogP contribution in [0.1, 0.15) is 0 Å². The minimum absolute atomic E-state index is 0. The molecule has 1 radical (unpaired) electrons. The van der Waals surface area contributed by atoms with Crippen molar-refractivity contribution in [1.29, 1.82) is 0 Å². The third-order valence-electron chi connectivity index (χ3n) is 1.06. The van der Waals surface area contributed by atoms with Gasteiger partial charge in [-0.2, -0.15) is 0 Å². The molecule has 0 aliphatic carbocycles. The molecular weight excluding hydrogens is 159 g/mol. The lowest BCUT2D eigenvalue weighted by Crippen LogP contribution is -2.15. The molecule has 0 aromatic heterocycles. The second kappa shape index (κ2) is 7.78. The maximum absolute atomic E-state index is 9.72. The summed E-state index contributed by atoms with van der Waals surface area (Å²) < 4.78 is 4.41. The third kappa shape index (κ3) is 4.48. The fraction of sp³-hybridized carbons (Fsp3) is 0. The van der Waals surface area contributed by atoms with Crippen LogP contribution < -0.4 is 5.46 Å². The van der Waals surface area contributed by atoms with E-state index >= 15 is 0 Å². The van der Waals surface area contributed by atoms with Crippen molar-refractivity contribution >= 4 is 19.4 Å². The predicted octanol–water partition coefficient (Wildman–Crippen LogP) is -1.55. The fourth-order valence-electron chi connectivity index (χ4n) is 0.638. The molecule has 4 nitrogen and oxygen atoms in total. The van der Waals surface area contributed by atoms with E-state index in [1.165, 1.54) is 7.48 Å². The van der Waals surface area contributed by atoms with Crippen LogP contribution in [0.2, 0.25) is 0 Å². The summed E-state index contributed by atoms with van der Waals surface area (Å²) in [6.07, 6.45) is 0. The number of benzene rings is 1. The molecule has 0 saturated carbocycles. The lowest BCUT2D eigenvalue weighted by molar-refractivity contribution is -0.120. The van der Waals surface area contributed by atoms with E-state index in [2.05, 4.69) is 4.65 Å². The minimum Gasteiger partial charge on any atom is -0.535 e. The summed E-state index contributed by atoms with van der Waals surface area (Å²) >= 11 is 0. The summed E-state index contributed by atoms with van der Waals surface area (Å²) in [5.41, 5.74) is 0.884. The van der Waals surface area contributed by atoms with Crippen molar-refractivity contribution in [2.75, 3.05) is 0 Å². The Morgan fingerprint density at radius 1 is 1.17 bits per heavy atom. The average molecular weight is 169 g/mol. The first-order valence-corrected chi connectivity index (χ1v) is 2.91. The van der Waals surface area contributed by atoms with E-state index in [-0.39, 0.29) is 11.0 Å². The number of hydrogen-bond acceptors (Lipinski definition) is 2. The molecule has 1 aromatic carbocycles. The van der Waals surface area contributed by atoms with Crippen LogP contribution in [0.15, 0.2) is 30.3 Å². The first-order chi connectivity index (χ1) is 4.93. The van der Waals surface area contributed by atoms with Gasteiger partial charge in [-0.05, 0) is 5.46 Å². The smallest absolute Gasteiger partial charge is 0.412 e. The van der Waals surface area contributed by atoms with Gasteiger partial charge in [0.25, 0.3) is 6.47 Å². The Kier molecular flexibility index (Phi) is 8.61.